The number of nitrogens with one attached hydrogen (secondary N) is 2. The van der Waals surface area contributed by atoms with Crippen molar-refractivity contribution in [1.29, 1.82) is 5.26 Å². The van der Waals surface area contributed by atoms with Crippen LogP contribution in [0.25, 0.3) is 0 Å². The van der Waals surface area contributed by atoms with Gasteiger partial charge in [-0.15, -0.1) is 0 Å². The molecule has 25 heavy (non-hydrogen) atoms. The van der Waals surface area contributed by atoms with Crippen molar-refractivity contribution in [3.8, 4) is 6.07 Å². The lowest BCUT2D eigenvalue weighted by atomic mass is 10.1. The molecular weight excluding hydrogens is 344 g/mol. The fourth-order valence-corrected chi connectivity index (χ4v) is 2.01. The van der Waals surface area contributed by atoms with Crippen molar-refractivity contribution in [2.75, 3.05) is 17.7 Å². The Labute approximate surface area is 148 Å². The van der Waals surface area contributed by atoms with Gasteiger partial charge in [0.2, 0.25) is 0 Å². The van der Waals surface area contributed by atoms with Crippen LogP contribution in [0.1, 0.15) is 10.4 Å². The van der Waals surface area contributed by atoms with Crippen molar-refractivity contribution in [1.82, 2.24) is 4.98 Å². The summed E-state index contributed by atoms with van der Waals surface area (Å²) in [5, 5.41) is 14.9. The molecule has 0 unspecified atom stereocenters. The van der Waals surface area contributed by atoms with Gasteiger partial charge >= 0.3 is 5.97 Å². The SMILES string of the molecule is COC(=O)c1ccccc1NC(=O)/C(C#N)=C\Nc1cc(Cl)ccn1. The third kappa shape index (κ3) is 4.80. The van der Waals surface area contributed by atoms with Gasteiger partial charge in [0.15, 0.2) is 0 Å². The number of halogens is 1. The minimum absolute atomic E-state index is 0.181. The number of amides is 1. The molecule has 0 saturated heterocycles. The molecule has 1 aromatic heterocycles. The highest BCUT2D eigenvalue weighted by Crippen LogP contribution is 2.17. The van der Waals surface area contributed by atoms with Crippen LogP contribution in [-0.4, -0.2) is 24.0 Å². The molecule has 1 heterocycles. The maximum atomic E-state index is 12.3. The number of methoxy groups -OCH3 is 1. The number of nitrogens with zero attached hydrogens (tertiary/aromatic N) is 2. The van der Waals surface area contributed by atoms with E-state index in [-0.39, 0.29) is 16.8 Å². The van der Waals surface area contributed by atoms with Crippen molar-refractivity contribution in [3.05, 3.63) is 65.0 Å². The quantitative estimate of drug-likeness (QED) is 0.485. The van der Waals surface area contributed by atoms with E-state index in [0.717, 1.165) is 0 Å². The van der Waals surface area contributed by atoms with Crippen molar-refractivity contribution in [3.63, 3.8) is 0 Å². The summed E-state index contributed by atoms with van der Waals surface area (Å²) in [6, 6.07) is 11.2. The van der Waals surface area contributed by atoms with Gasteiger partial charge in [0, 0.05) is 17.4 Å². The van der Waals surface area contributed by atoms with Gasteiger partial charge in [-0.25, -0.2) is 9.78 Å². The molecule has 0 spiro atoms. The van der Waals surface area contributed by atoms with Gasteiger partial charge in [0.05, 0.1) is 18.4 Å². The fraction of sp³-hybridized carbons (Fsp3) is 0.0588. The highest BCUT2D eigenvalue weighted by atomic mass is 35.5. The number of benzene rings is 1. The first-order chi connectivity index (χ1) is 12.0. The topological polar surface area (TPSA) is 104 Å². The molecule has 0 atom stereocenters. The second-order valence-corrected chi connectivity index (χ2v) is 5.10. The monoisotopic (exact) mass is 356 g/mol. The number of carbonyl (C=O) groups is 2. The predicted molar refractivity (Wildman–Crippen MR) is 93.0 cm³/mol. The number of ether oxygens (including phenoxy) is 1. The predicted octanol–water partition coefficient (Wildman–Crippen LogP) is 2.98. The van der Waals surface area contributed by atoms with E-state index in [1.54, 1.807) is 24.3 Å². The molecule has 8 heteroatoms. The largest absolute Gasteiger partial charge is 0.465 e. The summed E-state index contributed by atoms with van der Waals surface area (Å²) in [5.41, 5.74) is 0.211. The summed E-state index contributed by atoms with van der Waals surface area (Å²) in [7, 11) is 1.24. The first kappa shape index (κ1) is 18.0. The summed E-state index contributed by atoms with van der Waals surface area (Å²) in [6.07, 6.45) is 2.69. The standard InChI is InChI=1S/C17H13ClN4O3/c1-25-17(24)13-4-2-3-5-14(13)22-16(23)11(9-19)10-21-15-8-12(18)6-7-20-15/h2-8,10H,1H3,(H,20,21)(H,22,23)/b11-10-. The molecule has 0 aliphatic carbocycles. The number of para-hydroxylation sites is 1. The third-order valence-electron chi connectivity index (χ3n) is 3.03. The lowest BCUT2D eigenvalue weighted by Crippen LogP contribution is -2.17. The Kier molecular flexibility index (Phi) is 6.09. The van der Waals surface area contributed by atoms with Gasteiger partial charge in [0.25, 0.3) is 5.91 Å². The first-order valence-corrected chi connectivity index (χ1v) is 7.40. The number of rotatable bonds is 5. The van der Waals surface area contributed by atoms with E-state index in [1.807, 2.05) is 0 Å². The average Bonchev–Trinajstić information content (AvgIpc) is 2.62. The smallest absolute Gasteiger partial charge is 0.339 e. The Balaban J connectivity index is 2.17. The van der Waals surface area contributed by atoms with Crippen molar-refractivity contribution >= 4 is 35.0 Å². The van der Waals surface area contributed by atoms with Gasteiger partial charge in [0.1, 0.15) is 17.5 Å². The second-order valence-electron chi connectivity index (χ2n) is 4.66. The summed E-state index contributed by atoms with van der Waals surface area (Å²) in [6.45, 7) is 0. The molecule has 0 aliphatic heterocycles. The van der Waals surface area contributed by atoms with E-state index in [4.69, 9.17) is 11.6 Å². The number of pyridine rings is 1. The lowest BCUT2D eigenvalue weighted by Gasteiger charge is -2.09. The number of aromatic nitrogens is 1. The molecule has 0 fully saturated rings. The van der Waals surface area contributed by atoms with E-state index < -0.39 is 11.9 Å². The molecule has 0 aliphatic rings. The Hall–Kier alpha value is -3.37. The molecular formula is C17H13ClN4O3. The van der Waals surface area contributed by atoms with Crippen LogP contribution >= 0.6 is 11.6 Å². The highest BCUT2D eigenvalue weighted by Gasteiger charge is 2.15. The molecule has 126 valence electrons. The fourth-order valence-electron chi connectivity index (χ4n) is 1.85. The van der Waals surface area contributed by atoms with Crippen molar-refractivity contribution in [2.45, 2.75) is 0 Å². The van der Waals surface area contributed by atoms with Crippen LogP contribution in [0.2, 0.25) is 5.02 Å². The number of hydrogen-bond donors (Lipinski definition) is 2. The van der Waals surface area contributed by atoms with Crippen LogP contribution in [0.4, 0.5) is 11.5 Å². The number of anilines is 2. The molecule has 0 bridgehead atoms. The summed E-state index contributed by atoms with van der Waals surface area (Å²) in [4.78, 5) is 28.0. The minimum atomic E-state index is -0.687. The van der Waals surface area contributed by atoms with Crippen molar-refractivity contribution < 1.29 is 14.3 Å². The van der Waals surface area contributed by atoms with Crippen molar-refractivity contribution in [2.24, 2.45) is 0 Å². The Bertz CT molecular complexity index is 874. The summed E-state index contributed by atoms with van der Waals surface area (Å²) < 4.78 is 4.66. The van der Waals surface area contributed by atoms with Gasteiger partial charge in [-0.05, 0) is 24.3 Å². The van der Waals surface area contributed by atoms with E-state index >= 15 is 0 Å². The zero-order chi connectivity index (χ0) is 18.2. The first-order valence-electron chi connectivity index (χ1n) is 7.02. The second kappa shape index (κ2) is 8.47. The normalized spacial score (nSPS) is 10.5. The average molecular weight is 357 g/mol. The highest BCUT2D eigenvalue weighted by molar-refractivity contribution is 6.30. The van der Waals surface area contributed by atoms with Gasteiger partial charge in [-0.1, -0.05) is 23.7 Å². The maximum Gasteiger partial charge on any atom is 0.339 e. The number of carbonyl (C=O) groups excluding carboxylic acids is 2. The third-order valence-corrected chi connectivity index (χ3v) is 3.27. The number of esters is 1. The van der Waals surface area contributed by atoms with Crippen LogP contribution < -0.4 is 10.6 Å². The lowest BCUT2D eigenvalue weighted by molar-refractivity contribution is -0.112. The van der Waals surface area contributed by atoms with E-state index in [9.17, 15) is 14.9 Å². The van der Waals surface area contributed by atoms with Gasteiger partial charge < -0.3 is 15.4 Å². The zero-order valence-electron chi connectivity index (χ0n) is 13.1. The molecule has 1 amide bonds. The van der Waals surface area contributed by atoms with E-state index in [2.05, 4.69) is 20.4 Å². The molecule has 0 saturated carbocycles. The van der Waals surface area contributed by atoms with Gasteiger partial charge in [-0.3, -0.25) is 4.79 Å². The maximum absolute atomic E-state index is 12.3. The molecule has 1 aromatic carbocycles. The molecule has 7 nitrogen and oxygen atoms in total. The van der Waals surface area contributed by atoms with E-state index in [1.165, 1.54) is 37.7 Å². The molecule has 2 aromatic rings. The molecule has 0 radical (unpaired) electrons. The Morgan fingerprint density at radius 2 is 2.08 bits per heavy atom. The van der Waals surface area contributed by atoms with E-state index in [0.29, 0.717) is 10.8 Å². The minimum Gasteiger partial charge on any atom is -0.465 e. The van der Waals surface area contributed by atoms with Crippen LogP contribution in [0.5, 0.6) is 0 Å². The van der Waals surface area contributed by atoms with Crippen LogP contribution in [-0.2, 0) is 9.53 Å². The Morgan fingerprint density at radius 3 is 2.76 bits per heavy atom. The van der Waals surface area contributed by atoms with Crippen LogP contribution in [0.3, 0.4) is 0 Å². The zero-order valence-corrected chi connectivity index (χ0v) is 13.9. The summed E-state index contributed by atoms with van der Waals surface area (Å²) >= 11 is 5.84. The number of nitriles is 1. The van der Waals surface area contributed by atoms with Crippen LogP contribution in [0, 0.1) is 11.3 Å². The van der Waals surface area contributed by atoms with Crippen LogP contribution in [0.15, 0.2) is 54.4 Å². The Morgan fingerprint density at radius 1 is 1.32 bits per heavy atom. The molecule has 2 N–H and O–H groups in total. The number of hydrogen-bond acceptors (Lipinski definition) is 6. The van der Waals surface area contributed by atoms with Gasteiger partial charge in [-0.2, -0.15) is 5.26 Å². The summed E-state index contributed by atoms with van der Waals surface area (Å²) in [5.74, 6) is -0.906. The molecule has 2 rings (SSSR count).